The zero-order valence-corrected chi connectivity index (χ0v) is 11.4. The van der Waals surface area contributed by atoms with Gasteiger partial charge in [-0.1, -0.05) is 15.9 Å². The lowest BCUT2D eigenvalue weighted by atomic mass is 9.94. The Morgan fingerprint density at radius 3 is 2.59 bits per heavy atom. The minimum atomic E-state index is 0.0813. The van der Waals surface area contributed by atoms with Crippen LogP contribution in [0.4, 0.5) is 5.69 Å². The van der Waals surface area contributed by atoms with E-state index in [1.165, 1.54) is 12.8 Å². The van der Waals surface area contributed by atoms with E-state index in [0.29, 0.717) is 5.96 Å². The van der Waals surface area contributed by atoms with Crippen molar-refractivity contribution in [2.75, 3.05) is 11.4 Å². The van der Waals surface area contributed by atoms with E-state index in [-0.39, 0.29) is 5.54 Å². The average Bonchev–Trinajstić information content (AvgIpc) is 3.10. The highest BCUT2D eigenvalue weighted by atomic mass is 79.9. The first kappa shape index (κ1) is 11.1. The molecule has 2 aliphatic rings. The van der Waals surface area contributed by atoms with Gasteiger partial charge in [-0.25, -0.2) is 0 Å². The number of halogens is 1. The summed E-state index contributed by atoms with van der Waals surface area (Å²) in [5.41, 5.74) is 7.28. The third kappa shape index (κ3) is 1.75. The standard InChI is InChI=1S/C13H16BrN3/c1-13(9-2-3-9)8-16-12(15)17(13)11-6-4-10(14)5-7-11/h4-7,9H,2-3,8H2,1H3,(H2,15,16). The van der Waals surface area contributed by atoms with E-state index in [1.54, 1.807) is 0 Å². The van der Waals surface area contributed by atoms with Crippen molar-refractivity contribution in [3.63, 3.8) is 0 Å². The minimum Gasteiger partial charge on any atom is -0.369 e. The number of hydrogen-bond donors (Lipinski definition) is 1. The third-order valence-electron chi connectivity index (χ3n) is 3.84. The Kier molecular flexibility index (Phi) is 2.43. The van der Waals surface area contributed by atoms with Crippen molar-refractivity contribution < 1.29 is 0 Å². The molecule has 2 N–H and O–H groups in total. The number of rotatable bonds is 2. The van der Waals surface area contributed by atoms with Gasteiger partial charge in [-0.15, -0.1) is 0 Å². The van der Waals surface area contributed by atoms with Crippen LogP contribution in [0.3, 0.4) is 0 Å². The van der Waals surface area contributed by atoms with Crippen molar-refractivity contribution in [2.24, 2.45) is 16.6 Å². The fraction of sp³-hybridized carbons (Fsp3) is 0.462. The maximum Gasteiger partial charge on any atom is 0.196 e. The highest BCUT2D eigenvalue weighted by Crippen LogP contribution is 2.46. The zero-order valence-electron chi connectivity index (χ0n) is 9.86. The zero-order chi connectivity index (χ0) is 12.0. The molecule has 1 aliphatic carbocycles. The number of hydrogen-bond acceptors (Lipinski definition) is 3. The summed E-state index contributed by atoms with van der Waals surface area (Å²) >= 11 is 3.46. The van der Waals surface area contributed by atoms with E-state index in [1.807, 2.05) is 12.1 Å². The first-order chi connectivity index (χ1) is 8.11. The molecule has 0 bridgehead atoms. The lowest BCUT2D eigenvalue weighted by Crippen LogP contribution is -2.51. The van der Waals surface area contributed by atoms with Crippen LogP contribution in [0, 0.1) is 5.92 Å². The van der Waals surface area contributed by atoms with Gasteiger partial charge in [0, 0.05) is 10.2 Å². The second-order valence-corrected chi connectivity index (χ2v) is 6.03. The van der Waals surface area contributed by atoms with Crippen LogP contribution in [0.25, 0.3) is 0 Å². The minimum absolute atomic E-state index is 0.0813. The normalized spacial score (nSPS) is 28.4. The van der Waals surface area contributed by atoms with E-state index >= 15 is 0 Å². The van der Waals surface area contributed by atoms with Gasteiger partial charge in [-0.3, -0.25) is 4.99 Å². The predicted octanol–water partition coefficient (Wildman–Crippen LogP) is 2.75. The molecule has 1 aromatic carbocycles. The van der Waals surface area contributed by atoms with Crippen molar-refractivity contribution in [2.45, 2.75) is 25.3 Å². The second kappa shape index (κ2) is 3.73. The van der Waals surface area contributed by atoms with Gasteiger partial charge in [0.2, 0.25) is 0 Å². The van der Waals surface area contributed by atoms with E-state index in [2.05, 4.69) is 44.9 Å². The summed E-state index contributed by atoms with van der Waals surface area (Å²) in [7, 11) is 0. The smallest absolute Gasteiger partial charge is 0.196 e. The van der Waals surface area contributed by atoms with E-state index in [9.17, 15) is 0 Å². The Hall–Kier alpha value is -1.03. The molecule has 1 fully saturated rings. The average molecular weight is 294 g/mol. The Labute approximate surface area is 110 Å². The Balaban J connectivity index is 1.98. The maximum atomic E-state index is 6.05. The molecule has 3 rings (SSSR count). The molecule has 1 aliphatic heterocycles. The first-order valence-corrected chi connectivity index (χ1v) is 6.76. The summed E-state index contributed by atoms with van der Waals surface area (Å²) in [5, 5.41) is 0. The third-order valence-corrected chi connectivity index (χ3v) is 4.37. The van der Waals surface area contributed by atoms with Gasteiger partial charge >= 0.3 is 0 Å². The van der Waals surface area contributed by atoms with Gasteiger partial charge in [0.1, 0.15) is 0 Å². The van der Waals surface area contributed by atoms with Crippen molar-refractivity contribution in [3.8, 4) is 0 Å². The quantitative estimate of drug-likeness (QED) is 0.911. The van der Waals surface area contributed by atoms with Crippen LogP contribution in [0.2, 0.25) is 0 Å². The van der Waals surface area contributed by atoms with Gasteiger partial charge in [0.25, 0.3) is 0 Å². The maximum absolute atomic E-state index is 6.05. The molecule has 0 aromatic heterocycles. The molecule has 17 heavy (non-hydrogen) atoms. The summed E-state index contributed by atoms with van der Waals surface area (Å²) in [6.07, 6.45) is 2.60. The molecular formula is C13H16BrN3. The Morgan fingerprint density at radius 2 is 2.00 bits per heavy atom. The lowest BCUT2D eigenvalue weighted by molar-refractivity contribution is 0.440. The summed E-state index contributed by atoms with van der Waals surface area (Å²) in [4.78, 5) is 6.64. The van der Waals surface area contributed by atoms with E-state index < -0.39 is 0 Å². The topological polar surface area (TPSA) is 41.6 Å². The number of nitrogens with two attached hydrogens (primary N) is 1. The van der Waals surface area contributed by atoms with Crippen molar-refractivity contribution in [3.05, 3.63) is 28.7 Å². The molecule has 1 saturated carbocycles. The first-order valence-electron chi connectivity index (χ1n) is 5.97. The lowest BCUT2D eigenvalue weighted by Gasteiger charge is -2.36. The van der Waals surface area contributed by atoms with Crippen LogP contribution in [0.5, 0.6) is 0 Å². The summed E-state index contributed by atoms with van der Waals surface area (Å²) in [6, 6.07) is 8.29. The van der Waals surface area contributed by atoms with Gasteiger partial charge in [0.15, 0.2) is 5.96 Å². The van der Waals surface area contributed by atoms with Crippen molar-refractivity contribution in [1.82, 2.24) is 0 Å². The van der Waals surface area contributed by atoms with Gasteiger partial charge < -0.3 is 10.6 Å². The summed E-state index contributed by atoms with van der Waals surface area (Å²) in [5.74, 6) is 1.39. The molecule has 1 atom stereocenters. The fourth-order valence-corrected chi connectivity index (χ4v) is 2.94. The molecule has 90 valence electrons. The second-order valence-electron chi connectivity index (χ2n) is 5.12. The Morgan fingerprint density at radius 1 is 1.35 bits per heavy atom. The molecule has 0 spiro atoms. The largest absolute Gasteiger partial charge is 0.369 e. The molecule has 1 heterocycles. The van der Waals surface area contributed by atoms with Crippen LogP contribution in [0.15, 0.2) is 33.7 Å². The number of benzene rings is 1. The molecule has 0 radical (unpaired) electrons. The highest BCUT2D eigenvalue weighted by molar-refractivity contribution is 9.10. The monoisotopic (exact) mass is 293 g/mol. The van der Waals surface area contributed by atoms with Crippen molar-refractivity contribution >= 4 is 27.6 Å². The van der Waals surface area contributed by atoms with E-state index in [4.69, 9.17) is 5.73 Å². The highest BCUT2D eigenvalue weighted by Gasteiger charge is 2.49. The van der Waals surface area contributed by atoms with Crippen LogP contribution < -0.4 is 10.6 Å². The van der Waals surface area contributed by atoms with Crippen LogP contribution in [-0.2, 0) is 0 Å². The number of guanidine groups is 1. The van der Waals surface area contributed by atoms with Crippen LogP contribution >= 0.6 is 15.9 Å². The molecule has 0 saturated heterocycles. The van der Waals surface area contributed by atoms with Gasteiger partial charge in [0.05, 0.1) is 12.1 Å². The molecule has 4 heteroatoms. The van der Waals surface area contributed by atoms with Crippen LogP contribution in [-0.4, -0.2) is 18.0 Å². The van der Waals surface area contributed by atoms with Crippen LogP contribution in [0.1, 0.15) is 19.8 Å². The molecule has 1 aromatic rings. The number of aliphatic imine (C=N–C) groups is 1. The fourth-order valence-electron chi connectivity index (χ4n) is 2.68. The van der Waals surface area contributed by atoms with E-state index in [0.717, 1.165) is 22.6 Å². The number of anilines is 1. The molecular weight excluding hydrogens is 278 g/mol. The predicted molar refractivity (Wildman–Crippen MR) is 74.2 cm³/mol. The molecule has 1 unspecified atom stereocenters. The van der Waals surface area contributed by atoms with Gasteiger partial charge in [-0.2, -0.15) is 0 Å². The molecule has 3 nitrogen and oxygen atoms in total. The summed E-state index contributed by atoms with van der Waals surface area (Å²) < 4.78 is 1.09. The van der Waals surface area contributed by atoms with Crippen molar-refractivity contribution in [1.29, 1.82) is 0 Å². The number of nitrogens with zero attached hydrogens (tertiary/aromatic N) is 2. The van der Waals surface area contributed by atoms with Gasteiger partial charge in [-0.05, 0) is 49.9 Å². The molecule has 0 amide bonds. The summed E-state index contributed by atoms with van der Waals surface area (Å²) in [6.45, 7) is 3.09. The Bertz CT molecular complexity index is 464. The SMILES string of the molecule is CC1(C2CC2)CN=C(N)N1c1ccc(Br)cc1.